The van der Waals surface area contributed by atoms with Crippen LogP contribution in [0.15, 0.2) is 24.3 Å². The largest absolute Gasteiger partial charge is 0.332 e. The van der Waals surface area contributed by atoms with Crippen LogP contribution in [-0.2, 0) is 20.1 Å². The van der Waals surface area contributed by atoms with Crippen LogP contribution in [0.3, 0.4) is 0 Å². The van der Waals surface area contributed by atoms with E-state index in [9.17, 15) is 9.46 Å². The molecule has 0 aliphatic carbocycles. The van der Waals surface area contributed by atoms with E-state index in [4.69, 9.17) is 9.36 Å². The minimum atomic E-state index is -3.74. The van der Waals surface area contributed by atoms with E-state index in [1.165, 1.54) is 6.42 Å². The van der Waals surface area contributed by atoms with Crippen LogP contribution in [-0.4, -0.2) is 43.3 Å². The van der Waals surface area contributed by atoms with Crippen molar-refractivity contribution in [2.45, 2.75) is 141 Å². The molecule has 0 saturated carbocycles. The van der Waals surface area contributed by atoms with Gasteiger partial charge in [-0.2, -0.15) is 5.06 Å². The molecule has 2 rings (SSSR count). The van der Waals surface area contributed by atoms with Crippen molar-refractivity contribution in [3.05, 3.63) is 35.4 Å². The van der Waals surface area contributed by atoms with Crippen molar-refractivity contribution in [2.75, 3.05) is 0 Å². The second kappa shape index (κ2) is 11.9. The molecule has 208 valence electrons. The van der Waals surface area contributed by atoms with E-state index in [0.29, 0.717) is 0 Å². The molecule has 0 aromatic heterocycles. The third-order valence-electron chi connectivity index (χ3n) is 7.14. The summed E-state index contributed by atoms with van der Waals surface area (Å²) in [5.74, 6) is 0. The van der Waals surface area contributed by atoms with Crippen LogP contribution in [0.5, 0.6) is 0 Å². The lowest BCUT2D eigenvalue weighted by Gasteiger charge is -2.52. The fraction of sp³-hybridized carbons (Fsp3) is 0.786. The number of benzene rings is 1. The second-order valence-corrected chi connectivity index (χ2v) is 27.6. The van der Waals surface area contributed by atoms with Gasteiger partial charge in [-0.3, -0.25) is 9.40 Å². The zero-order valence-electron chi connectivity index (χ0n) is 25.0. The van der Waals surface area contributed by atoms with Gasteiger partial charge in [0.25, 0.3) is 0 Å². The van der Waals surface area contributed by atoms with Crippen LogP contribution in [0.1, 0.15) is 77.5 Å². The summed E-state index contributed by atoms with van der Waals surface area (Å²) >= 11 is 0. The molecule has 0 bridgehead atoms. The lowest BCUT2D eigenvalue weighted by Crippen LogP contribution is -2.58. The summed E-state index contributed by atoms with van der Waals surface area (Å²) in [6, 6.07) is 9.97. The summed E-state index contributed by atoms with van der Waals surface area (Å²) in [6.45, 7) is 25.0. The van der Waals surface area contributed by atoms with Gasteiger partial charge in [0.2, 0.25) is 0 Å². The fourth-order valence-electron chi connectivity index (χ4n) is 5.34. The van der Waals surface area contributed by atoms with Crippen molar-refractivity contribution in [2.24, 2.45) is 0 Å². The Labute approximate surface area is 223 Å². The molecular formula is C28H54NO4PSi2. The summed E-state index contributed by atoms with van der Waals surface area (Å²) in [6.07, 6.45) is 4.13. The Bertz CT molecular complexity index is 874. The highest BCUT2D eigenvalue weighted by atomic mass is 31.2. The van der Waals surface area contributed by atoms with Gasteiger partial charge >= 0.3 is 7.60 Å². The number of hydroxylamine groups is 2. The van der Waals surface area contributed by atoms with E-state index in [1.807, 2.05) is 24.3 Å². The van der Waals surface area contributed by atoms with E-state index in [0.717, 1.165) is 42.5 Å². The average Bonchev–Trinajstić information content (AvgIpc) is 2.67. The summed E-state index contributed by atoms with van der Waals surface area (Å²) in [7, 11) is -6.42. The maximum atomic E-state index is 13.2. The van der Waals surface area contributed by atoms with Crippen LogP contribution in [0.2, 0.25) is 51.4 Å². The van der Waals surface area contributed by atoms with Gasteiger partial charge in [-0.25, -0.2) is 0 Å². The smallest absolute Gasteiger partial charge is 0.324 e. The van der Waals surface area contributed by atoms with E-state index in [1.54, 1.807) is 0 Å². The zero-order chi connectivity index (χ0) is 27.6. The van der Waals surface area contributed by atoms with Gasteiger partial charge < -0.3 is 9.42 Å². The number of rotatable bonds is 12. The van der Waals surface area contributed by atoms with Gasteiger partial charge in [0, 0.05) is 27.2 Å². The molecule has 0 radical (unpaired) electrons. The number of hydrogen-bond acceptors (Lipinski definition) is 4. The molecule has 0 spiro atoms. The Morgan fingerprint density at radius 3 is 1.97 bits per heavy atom. The predicted octanol–water partition coefficient (Wildman–Crippen LogP) is 8.86. The van der Waals surface area contributed by atoms with Crippen molar-refractivity contribution in [3.63, 3.8) is 0 Å². The maximum Gasteiger partial charge on any atom is 0.332 e. The van der Waals surface area contributed by atoms with Crippen molar-refractivity contribution in [3.8, 4) is 0 Å². The Hall–Kier alpha value is -0.276. The van der Waals surface area contributed by atoms with Crippen LogP contribution in [0.4, 0.5) is 0 Å². The summed E-state index contributed by atoms with van der Waals surface area (Å²) < 4.78 is 19.1. The van der Waals surface area contributed by atoms with Crippen molar-refractivity contribution < 1.29 is 18.8 Å². The fourth-order valence-corrected chi connectivity index (χ4v) is 9.72. The highest BCUT2D eigenvalue weighted by Crippen LogP contribution is 2.49. The molecule has 1 aliphatic rings. The average molecular weight is 556 g/mol. The maximum absolute atomic E-state index is 13.2. The van der Waals surface area contributed by atoms with Crippen molar-refractivity contribution in [1.82, 2.24) is 5.06 Å². The molecule has 3 atom stereocenters. The summed E-state index contributed by atoms with van der Waals surface area (Å²) in [4.78, 5) is 17.3. The van der Waals surface area contributed by atoms with Gasteiger partial charge in [0.1, 0.15) is 6.10 Å². The Morgan fingerprint density at radius 1 is 0.972 bits per heavy atom. The lowest BCUT2D eigenvalue weighted by atomic mass is 9.82. The van der Waals surface area contributed by atoms with Crippen LogP contribution in [0, 0.1) is 0 Å². The minimum Gasteiger partial charge on any atom is -0.324 e. The second-order valence-electron chi connectivity index (χ2n) is 14.6. The van der Waals surface area contributed by atoms with E-state index < -0.39 is 23.7 Å². The van der Waals surface area contributed by atoms with Gasteiger partial charge in [0.05, 0.1) is 12.3 Å². The summed E-state index contributed by atoms with van der Waals surface area (Å²) in [5.41, 5.74) is 1.86. The molecule has 1 saturated heterocycles. The third-order valence-corrected chi connectivity index (χ3v) is 12.0. The Balaban J connectivity index is 2.06. The molecule has 3 unspecified atom stereocenters. The Kier molecular flexibility index (Phi) is 10.5. The molecule has 1 aromatic rings. The first-order valence-electron chi connectivity index (χ1n) is 13.8. The van der Waals surface area contributed by atoms with Crippen molar-refractivity contribution in [1.29, 1.82) is 0 Å². The van der Waals surface area contributed by atoms with Gasteiger partial charge in [0.15, 0.2) is 0 Å². The summed E-state index contributed by atoms with van der Waals surface area (Å²) in [5, 5.41) is 2.19. The van der Waals surface area contributed by atoms with Gasteiger partial charge in [-0.15, -0.1) is 0 Å². The first-order chi connectivity index (χ1) is 16.2. The van der Waals surface area contributed by atoms with Crippen LogP contribution >= 0.6 is 7.60 Å². The van der Waals surface area contributed by atoms with E-state index in [2.05, 4.69) is 79.0 Å². The molecule has 1 fully saturated rings. The molecule has 1 N–H and O–H groups in total. The highest BCUT2D eigenvalue weighted by Gasteiger charge is 2.43. The van der Waals surface area contributed by atoms with Gasteiger partial charge in [-0.05, 0) is 77.5 Å². The molecule has 8 heteroatoms. The van der Waals surface area contributed by atoms with E-state index >= 15 is 0 Å². The SMILES string of the molecule is CC(ON1C(C)(C)CCCC1(C)C)c1ccc(CP(=O)(O)OC(CC[Si](C)(C)C)C[Si](C)(C)C)cc1. The minimum absolute atomic E-state index is 0.0151. The number of nitrogens with zero attached hydrogens (tertiary/aromatic N) is 1. The molecule has 0 amide bonds. The predicted molar refractivity (Wildman–Crippen MR) is 159 cm³/mol. The Morgan fingerprint density at radius 2 is 1.50 bits per heavy atom. The standard InChI is InChI=1S/C28H54NO4PSi2/c1-23(32-29-27(2,3)18-12-19-28(29,4)5)25-15-13-24(14-16-25)21-34(30,31)33-26(22-36(9,10)11)17-20-35(6,7)8/h13-16,23,26H,12,17-22H2,1-11H3,(H,30,31). The zero-order valence-corrected chi connectivity index (χ0v) is 27.9. The quantitative estimate of drug-likeness (QED) is 0.206. The normalized spacial score (nSPS) is 22.1. The van der Waals surface area contributed by atoms with E-state index in [-0.39, 0.29) is 29.4 Å². The molecule has 36 heavy (non-hydrogen) atoms. The monoisotopic (exact) mass is 555 g/mol. The topological polar surface area (TPSA) is 59.0 Å². The molecular weight excluding hydrogens is 501 g/mol. The lowest BCUT2D eigenvalue weighted by molar-refractivity contribution is -0.304. The highest BCUT2D eigenvalue weighted by molar-refractivity contribution is 7.52. The molecule has 1 heterocycles. The van der Waals surface area contributed by atoms with Crippen molar-refractivity contribution >= 4 is 23.7 Å². The molecule has 1 aromatic carbocycles. The third kappa shape index (κ3) is 10.5. The first-order valence-corrected chi connectivity index (χ1v) is 22.9. The van der Waals surface area contributed by atoms with Crippen LogP contribution in [0.25, 0.3) is 0 Å². The van der Waals surface area contributed by atoms with Gasteiger partial charge in [-0.1, -0.05) is 69.6 Å². The number of hydrogen-bond donors (Lipinski definition) is 1. The first kappa shape index (κ1) is 31.9. The number of piperidine rings is 1. The van der Waals surface area contributed by atoms with Crippen LogP contribution < -0.4 is 0 Å². The molecule has 1 aliphatic heterocycles. The molecule has 5 nitrogen and oxygen atoms in total.